The van der Waals surface area contributed by atoms with Crippen LogP contribution in [0.4, 0.5) is 14.9 Å². The molecular weight excluding hydrogens is 367 g/mol. The average Bonchev–Trinajstić information content (AvgIpc) is 3.18. The van der Waals surface area contributed by atoms with Crippen molar-refractivity contribution in [2.24, 2.45) is 0 Å². The highest BCUT2D eigenvalue weighted by molar-refractivity contribution is 5.94. The van der Waals surface area contributed by atoms with E-state index in [9.17, 15) is 24.2 Å². The van der Waals surface area contributed by atoms with Crippen molar-refractivity contribution in [3.8, 4) is 0 Å². The Morgan fingerprint density at radius 2 is 2.11 bits per heavy atom. The van der Waals surface area contributed by atoms with E-state index in [0.29, 0.717) is 43.4 Å². The smallest absolute Gasteiger partial charge is 0.415 e. The third-order valence-electron chi connectivity index (χ3n) is 6.14. The number of benzene rings is 1. The molecule has 2 fully saturated rings. The number of rotatable bonds is 4. The summed E-state index contributed by atoms with van der Waals surface area (Å²) in [7, 11) is 0. The lowest BCUT2D eigenvalue weighted by molar-refractivity contribution is -0.121. The van der Waals surface area contributed by atoms with Gasteiger partial charge in [0.2, 0.25) is 5.91 Å². The number of ether oxygens (including phenoxy) is 1. The minimum Gasteiger partial charge on any atom is -0.442 e. The van der Waals surface area contributed by atoms with Crippen LogP contribution in [0.15, 0.2) is 12.1 Å². The van der Waals surface area contributed by atoms with E-state index >= 15 is 0 Å². The molecule has 3 unspecified atom stereocenters. The molecule has 5 atom stereocenters. The van der Waals surface area contributed by atoms with Gasteiger partial charge in [0.15, 0.2) is 0 Å². The molecule has 28 heavy (non-hydrogen) atoms. The molecule has 2 heterocycles. The fraction of sp³-hybridized carbons (Fsp3) is 0.600. The zero-order valence-corrected chi connectivity index (χ0v) is 15.7. The van der Waals surface area contributed by atoms with Gasteiger partial charge in [-0.15, -0.1) is 0 Å². The van der Waals surface area contributed by atoms with Gasteiger partial charge in [0.25, 0.3) is 0 Å². The van der Waals surface area contributed by atoms with E-state index in [-0.39, 0.29) is 24.4 Å². The predicted molar refractivity (Wildman–Crippen MR) is 98.5 cm³/mol. The lowest BCUT2D eigenvalue weighted by atomic mass is 9.80. The molecule has 2 amide bonds. The van der Waals surface area contributed by atoms with Crippen LogP contribution in [0.5, 0.6) is 0 Å². The van der Waals surface area contributed by atoms with E-state index in [0.717, 1.165) is 5.56 Å². The van der Waals surface area contributed by atoms with Crippen LogP contribution in [0.1, 0.15) is 49.7 Å². The largest absolute Gasteiger partial charge is 0.442 e. The maximum absolute atomic E-state index is 14.9. The van der Waals surface area contributed by atoms with Gasteiger partial charge >= 0.3 is 6.09 Å². The van der Waals surface area contributed by atoms with E-state index in [1.807, 2.05) is 0 Å². The van der Waals surface area contributed by atoms with Gasteiger partial charge in [0, 0.05) is 6.42 Å². The Bertz CT molecular complexity index is 801. The second kappa shape index (κ2) is 7.33. The van der Waals surface area contributed by atoms with Crippen molar-refractivity contribution < 1.29 is 28.9 Å². The molecule has 2 aliphatic heterocycles. The number of aliphatic hydroxyl groups is 2. The number of nitrogens with zero attached hydrogens (tertiary/aromatic N) is 1. The maximum atomic E-state index is 14.9. The number of halogens is 1. The van der Waals surface area contributed by atoms with Crippen molar-refractivity contribution in [1.82, 2.24) is 5.32 Å². The number of nitrogens with one attached hydrogen (secondary N) is 1. The van der Waals surface area contributed by atoms with Gasteiger partial charge < -0.3 is 20.3 Å². The molecule has 1 aliphatic carbocycles. The van der Waals surface area contributed by atoms with Crippen LogP contribution in [0, 0.1) is 5.82 Å². The standard InChI is InChI=1S/C20H25FN2O5/c1-2-19(26)22-9-18-15-6-11-5-12(10-3-4-16(24)17(25)7-10)13(21)8-14(11)23(15)20(27)28-18/h5,8,10,15-18,24-25H,2-4,6-7,9H2,1H3,(H,22,26)/t10?,15-,16+,17?,18?/m0/s1. The molecule has 1 saturated carbocycles. The molecule has 7 nitrogen and oxygen atoms in total. The first-order chi connectivity index (χ1) is 13.4. The van der Waals surface area contributed by atoms with Crippen LogP contribution >= 0.6 is 0 Å². The number of hydrogen-bond acceptors (Lipinski definition) is 5. The first-order valence-electron chi connectivity index (χ1n) is 9.84. The van der Waals surface area contributed by atoms with Crippen LogP contribution < -0.4 is 10.2 Å². The Kier molecular flexibility index (Phi) is 5.01. The van der Waals surface area contributed by atoms with Crippen molar-refractivity contribution >= 4 is 17.7 Å². The van der Waals surface area contributed by atoms with E-state index in [2.05, 4.69) is 5.32 Å². The number of cyclic esters (lactones) is 1. The number of amides is 2. The molecule has 1 saturated heterocycles. The summed E-state index contributed by atoms with van der Waals surface area (Å²) in [5, 5.41) is 22.4. The van der Waals surface area contributed by atoms with Gasteiger partial charge in [-0.3, -0.25) is 9.69 Å². The Balaban J connectivity index is 1.55. The SMILES string of the molecule is CCC(=O)NCC1OC(=O)N2c3cc(F)c(C4CC[C@@H](O)C(O)C4)cc3C[C@@H]12. The Labute approximate surface area is 162 Å². The molecule has 0 radical (unpaired) electrons. The van der Waals surface area contributed by atoms with Crippen LogP contribution in [0.25, 0.3) is 0 Å². The first kappa shape index (κ1) is 19.1. The molecule has 4 rings (SSSR count). The monoisotopic (exact) mass is 392 g/mol. The normalized spacial score (nSPS) is 31.4. The van der Waals surface area contributed by atoms with Gasteiger partial charge in [-0.05, 0) is 48.8 Å². The number of carbonyl (C=O) groups excluding carboxylic acids is 2. The highest BCUT2D eigenvalue weighted by Crippen LogP contribution is 2.43. The summed E-state index contributed by atoms with van der Waals surface area (Å²) < 4.78 is 20.2. The number of aliphatic hydroxyl groups excluding tert-OH is 2. The van der Waals surface area contributed by atoms with Crippen molar-refractivity contribution in [2.75, 3.05) is 11.4 Å². The molecule has 152 valence electrons. The lowest BCUT2D eigenvalue weighted by Gasteiger charge is -2.30. The van der Waals surface area contributed by atoms with Crippen molar-refractivity contribution in [3.05, 3.63) is 29.1 Å². The number of fused-ring (bicyclic) bond motifs is 3. The number of hydrogen-bond donors (Lipinski definition) is 3. The maximum Gasteiger partial charge on any atom is 0.415 e. The van der Waals surface area contributed by atoms with Crippen molar-refractivity contribution in [1.29, 1.82) is 0 Å². The summed E-state index contributed by atoms with van der Waals surface area (Å²) in [4.78, 5) is 25.3. The van der Waals surface area contributed by atoms with Crippen molar-refractivity contribution in [3.63, 3.8) is 0 Å². The van der Waals surface area contributed by atoms with Gasteiger partial charge in [0.05, 0.1) is 30.5 Å². The highest BCUT2D eigenvalue weighted by Gasteiger charge is 2.48. The fourth-order valence-corrected chi connectivity index (χ4v) is 4.55. The lowest BCUT2D eigenvalue weighted by Crippen LogP contribution is -2.40. The summed E-state index contributed by atoms with van der Waals surface area (Å²) >= 11 is 0. The fourth-order valence-electron chi connectivity index (χ4n) is 4.55. The molecule has 0 aromatic heterocycles. The molecule has 3 aliphatic rings. The predicted octanol–water partition coefficient (Wildman–Crippen LogP) is 1.59. The quantitative estimate of drug-likeness (QED) is 0.723. The Morgan fingerprint density at radius 3 is 2.82 bits per heavy atom. The minimum atomic E-state index is -0.851. The zero-order chi connectivity index (χ0) is 20.0. The van der Waals surface area contributed by atoms with Gasteiger partial charge in [-0.2, -0.15) is 0 Å². The second-order valence-corrected chi connectivity index (χ2v) is 7.87. The van der Waals surface area contributed by atoms with E-state index in [4.69, 9.17) is 4.74 Å². The second-order valence-electron chi connectivity index (χ2n) is 7.87. The van der Waals surface area contributed by atoms with Gasteiger partial charge in [0.1, 0.15) is 11.9 Å². The minimum absolute atomic E-state index is 0.114. The Morgan fingerprint density at radius 1 is 1.32 bits per heavy atom. The highest BCUT2D eigenvalue weighted by atomic mass is 19.1. The number of carbonyl (C=O) groups is 2. The summed E-state index contributed by atoms with van der Waals surface area (Å²) in [6, 6.07) is 2.89. The summed E-state index contributed by atoms with van der Waals surface area (Å²) in [6.07, 6.45) is -0.375. The van der Waals surface area contributed by atoms with Gasteiger partial charge in [-0.1, -0.05) is 13.0 Å². The molecule has 1 aromatic carbocycles. The van der Waals surface area contributed by atoms with Crippen LogP contribution in [0.3, 0.4) is 0 Å². The average molecular weight is 392 g/mol. The van der Waals surface area contributed by atoms with Gasteiger partial charge in [-0.25, -0.2) is 9.18 Å². The molecular formula is C20H25FN2O5. The van der Waals surface area contributed by atoms with E-state index < -0.39 is 30.2 Å². The zero-order valence-electron chi connectivity index (χ0n) is 15.7. The third kappa shape index (κ3) is 3.24. The van der Waals surface area contributed by atoms with Crippen LogP contribution in [0.2, 0.25) is 0 Å². The summed E-state index contributed by atoms with van der Waals surface area (Å²) in [6.45, 7) is 1.98. The first-order valence-corrected chi connectivity index (χ1v) is 9.84. The van der Waals surface area contributed by atoms with Crippen LogP contribution in [-0.2, 0) is 16.0 Å². The van der Waals surface area contributed by atoms with E-state index in [1.165, 1.54) is 11.0 Å². The van der Waals surface area contributed by atoms with Crippen molar-refractivity contribution in [2.45, 2.75) is 69.3 Å². The van der Waals surface area contributed by atoms with E-state index in [1.54, 1.807) is 13.0 Å². The molecule has 0 spiro atoms. The number of anilines is 1. The summed E-state index contributed by atoms with van der Waals surface area (Å²) in [5.41, 5.74) is 1.90. The summed E-state index contributed by atoms with van der Waals surface area (Å²) in [5.74, 6) is -0.689. The molecule has 3 N–H and O–H groups in total. The third-order valence-corrected chi connectivity index (χ3v) is 6.14. The van der Waals surface area contributed by atoms with Crippen LogP contribution in [-0.4, -0.2) is 53.1 Å². The Hall–Kier alpha value is -2.19. The topological polar surface area (TPSA) is 99.1 Å². The molecule has 8 heteroatoms. The molecule has 0 bridgehead atoms. The molecule has 1 aromatic rings.